The van der Waals surface area contributed by atoms with Gasteiger partial charge in [0.1, 0.15) is 11.3 Å². The Morgan fingerprint density at radius 1 is 1.17 bits per heavy atom. The lowest BCUT2D eigenvalue weighted by molar-refractivity contribution is 0.525. The Morgan fingerprint density at radius 2 is 2.03 bits per heavy atom. The molecule has 5 rings (SSSR count). The largest absolute Gasteiger partial charge is 0.382 e. The molecular formula is C18H17N9OS2. The Hall–Kier alpha value is -2.93. The summed E-state index contributed by atoms with van der Waals surface area (Å²) in [5.74, 6) is 0.705. The predicted molar refractivity (Wildman–Crippen MR) is 116 cm³/mol. The van der Waals surface area contributed by atoms with E-state index in [1.54, 1.807) is 12.4 Å². The summed E-state index contributed by atoms with van der Waals surface area (Å²) in [6.45, 7) is 1.41. The summed E-state index contributed by atoms with van der Waals surface area (Å²) in [7, 11) is -1.22. The molecule has 0 aliphatic carbocycles. The van der Waals surface area contributed by atoms with Crippen molar-refractivity contribution in [3.63, 3.8) is 0 Å². The van der Waals surface area contributed by atoms with Gasteiger partial charge >= 0.3 is 0 Å². The normalized spacial score (nSPS) is 15.2. The van der Waals surface area contributed by atoms with Crippen molar-refractivity contribution in [1.82, 2.24) is 35.9 Å². The minimum atomic E-state index is -1.22. The lowest BCUT2D eigenvalue weighted by Gasteiger charge is -2.27. The monoisotopic (exact) mass is 439 g/mol. The van der Waals surface area contributed by atoms with Crippen LogP contribution < -0.4 is 16.2 Å². The molecule has 1 aliphatic rings. The molecule has 6 N–H and O–H groups in total. The van der Waals surface area contributed by atoms with Gasteiger partial charge in [-0.25, -0.2) is 4.98 Å². The van der Waals surface area contributed by atoms with Gasteiger partial charge in [-0.1, -0.05) is 12.1 Å². The predicted octanol–water partition coefficient (Wildman–Crippen LogP) is 1.10. The van der Waals surface area contributed by atoms with Crippen molar-refractivity contribution in [3.05, 3.63) is 36.7 Å². The molecule has 0 saturated carbocycles. The van der Waals surface area contributed by atoms with E-state index >= 15 is 0 Å². The fraction of sp³-hybridized carbons (Fsp3) is 0.167. The number of aromatic nitrogens is 6. The first-order valence-corrected chi connectivity index (χ1v) is 11.2. The van der Waals surface area contributed by atoms with Crippen molar-refractivity contribution < 1.29 is 4.21 Å². The number of fused-ring (bicyclic) bond motifs is 1. The quantitative estimate of drug-likeness (QED) is 0.331. The van der Waals surface area contributed by atoms with Crippen LogP contribution in [0.3, 0.4) is 0 Å². The molecule has 12 heteroatoms. The maximum atomic E-state index is 13.1. The lowest BCUT2D eigenvalue weighted by Crippen LogP contribution is -2.49. The van der Waals surface area contributed by atoms with Gasteiger partial charge in [0.15, 0.2) is 0 Å². The molecule has 1 atom stereocenters. The number of H-pyrrole nitrogens is 1. The minimum Gasteiger partial charge on any atom is -0.382 e. The van der Waals surface area contributed by atoms with Crippen LogP contribution in [0.15, 0.2) is 46.5 Å². The van der Waals surface area contributed by atoms with Crippen molar-refractivity contribution in [2.75, 3.05) is 18.8 Å². The van der Waals surface area contributed by atoms with Crippen molar-refractivity contribution in [2.24, 2.45) is 5.14 Å². The number of hydrogen-bond donors (Lipinski definition) is 4. The van der Waals surface area contributed by atoms with Crippen molar-refractivity contribution in [3.8, 4) is 22.5 Å². The van der Waals surface area contributed by atoms with Crippen LogP contribution in [0.5, 0.6) is 0 Å². The number of nitrogens with two attached hydrogens (primary N) is 2. The maximum absolute atomic E-state index is 13.1. The number of pyridine rings is 2. The first-order chi connectivity index (χ1) is 14.7. The third-order valence-corrected chi connectivity index (χ3v) is 7.54. The zero-order valence-electron chi connectivity index (χ0n) is 15.6. The average molecular weight is 440 g/mol. The number of benzene rings is 1. The number of tetrazole rings is 1. The van der Waals surface area contributed by atoms with Gasteiger partial charge in [0.05, 0.1) is 25.8 Å². The third-order valence-electron chi connectivity index (χ3n) is 5.04. The third kappa shape index (κ3) is 3.04. The van der Waals surface area contributed by atoms with Crippen molar-refractivity contribution >= 4 is 39.5 Å². The summed E-state index contributed by atoms with van der Waals surface area (Å²) in [6, 6.07) is 7.51. The van der Waals surface area contributed by atoms with Gasteiger partial charge in [-0.05, 0) is 34.9 Å². The Morgan fingerprint density at radius 3 is 2.73 bits per heavy atom. The molecular weight excluding hydrogens is 422 g/mol. The standard InChI is InChI=1S/C18H17N9OS2/c19-17-15-11(2-1-5-22-15)12(8-23-17)10-3-4-13(30(28)9-6-21-7-9)16(29-20)14(10)18-24-26-27-25-18/h1-5,8-9,21H,6-7,20H2,(H2,19,23)(H,24,25,26,27). The topological polar surface area (TPSA) is 161 Å². The molecule has 1 unspecified atom stereocenters. The molecule has 4 heterocycles. The van der Waals surface area contributed by atoms with E-state index in [4.69, 9.17) is 10.9 Å². The van der Waals surface area contributed by atoms with Crippen molar-refractivity contribution in [2.45, 2.75) is 15.0 Å². The average Bonchev–Trinajstić information content (AvgIpc) is 3.26. The van der Waals surface area contributed by atoms with Crippen LogP contribution in [0.2, 0.25) is 0 Å². The second-order valence-electron chi connectivity index (χ2n) is 6.70. The Labute approximate surface area is 177 Å². The summed E-state index contributed by atoms with van der Waals surface area (Å²) in [6.07, 6.45) is 3.36. The Bertz CT molecular complexity index is 1260. The van der Waals surface area contributed by atoms with Gasteiger partial charge in [0.25, 0.3) is 0 Å². The highest BCUT2D eigenvalue weighted by atomic mass is 32.2. The van der Waals surface area contributed by atoms with Crippen LogP contribution >= 0.6 is 11.9 Å². The molecule has 3 aromatic heterocycles. The van der Waals surface area contributed by atoms with Crippen LogP contribution in [-0.2, 0) is 10.8 Å². The lowest BCUT2D eigenvalue weighted by atomic mass is 9.97. The summed E-state index contributed by atoms with van der Waals surface area (Å²) < 4.78 is 13.1. The number of nitrogens with one attached hydrogen (secondary N) is 2. The molecule has 1 saturated heterocycles. The van der Waals surface area contributed by atoms with E-state index in [1.807, 2.05) is 24.3 Å². The van der Waals surface area contributed by atoms with Crippen molar-refractivity contribution in [1.29, 1.82) is 0 Å². The first kappa shape index (κ1) is 19.1. The molecule has 0 spiro atoms. The maximum Gasteiger partial charge on any atom is 0.206 e. The Balaban J connectivity index is 1.80. The second-order valence-corrected chi connectivity index (χ2v) is 9.05. The number of nitrogen functional groups attached to an aromatic ring is 1. The molecule has 0 radical (unpaired) electrons. The van der Waals surface area contributed by atoms with E-state index in [0.717, 1.165) is 28.5 Å². The molecule has 152 valence electrons. The van der Waals surface area contributed by atoms with E-state index in [1.165, 1.54) is 0 Å². The van der Waals surface area contributed by atoms with Crippen LogP contribution in [0.25, 0.3) is 33.4 Å². The second kappa shape index (κ2) is 7.72. The summed E-state index contributed by atoms with van der Waals surface area (Å²) >= 11 is 1.02. The van der Waals surface area contributed by atoms with E-state index in [2.05, 4.69) is 35.9 Å². The fourth-order valence-corrected chi connectivity index (χ4v) is 5.73. The first-order valence-electron chi connectivity index (χ1n) is 9.07. The van der Waals surface area contributed by atoms with Gasteiger partial charge in [0.2, 0.25) is 5.82 Å². The van der Waals surface area contributed by atoms with E-state index in [-0.39, 0.29) is 5.25 Å². The summed E-state index contributed by atoms with van der Waals surface area (Å²) in [5.41, 5.74) is 8.85. The number of anilines is 1. The van der Waals surface area contributed by atoms with Gasteiger partial charge in [-0.15, -0.1) is 10.2 Å². The van der Waals surface area contributed by atoms with E-state index in [9.17, 15) is 4.21 Å². The zero-order chi connectivity index (χ0) is 20.7. The number of aromatic amines is 1. The van der Waals surface area contributed by atoms with Gasteiger partial charge < -0.3 is 11.1 Å². The smallest absolute Gasteiger partial charge is 0.206 e. The van der Waals surface area contributed by atoms with E-state index < -0.39 is 10.8 Å². The van der Waals surface area contributed by atoms with Crippen LogP contribution in [0, 0.1) is 0 Å². The highest BCUT2D eigenvalue weighted by molar-refractivity contribution is 7.98. The molecule has 1 aliphatic heterocycles. The fourth-order valence-electron chi connectivity index (χ4n) is 3.45. The molecule has 0 bridgehead atoms. The zero-order valence-corrected chi connectivity index (χ0v) is 17.2. The molecule has 1 aromatic carbocycles. The number of nitrogens with zero attached hydrogens (tertiary/aromatic N) is 5. The van der Waals surface area contributed by atoms with Gasteiger partial charge in [-0.3, -0.25) is 14.3 Å². The number of rotatable bonds is 5. The van der Waals surface area contributed by atoms with Crippen LogP contribution in [0.4, 0.5) is 5.82 Å². The minimum absolute atomic E-state index is 0.0445. The molecule has 1 fully saturated rings. The highest BCUT2D eigenvalue weighted by Crippen LogP contribution is 2.42. The van der Waals surface area contributed by atoms with Crippen LogP contribution in [-0.4, -0.2) is 53.1 Å². The Kier molecular flexibility index (Phi) is 4.90. The van der Waals surface area contributed by atoms with E-state index in [0.29, 0.717) is 45.6 Å². The number of hydrogen-bond acceptors (Lipinski definition) is 10. The highest BCUT2D eigenvalue weighted by Gasteiger charge is 2.29. The van der Waals surface area contributed by atoms with Crippen LogP contribution in [0.1, 0.15) is 0 Å². The molecule has 10 nitrogen and oxygen atoms in total. The molecule has 30 heavy (non-hydrogen) atoms. The van der Waals surface area contributed by atoms with Gasteiger partial charge in [-0.2, -0.15) is 5.21 Å². The summed E-state index contributed by atoms with van der Waals surface area (Å²) in [5, 5.41) is 24.6. The van der Waals surface area contributed by atoms with Gasteiger partial charge in [0, 0.05) is 42.0 Å². The SMILES string of the molecule is NSc1c(S(=O)C2CNC2)ccc(-c2cnc(N)c3ncccc23)c1-c1nn[nH]n1. The summed E-state index contributed by atoms with van der Waals surface area (Å²) in [4.78, 5) is 9.98. The molecule has 4 aromatic rings. The molecule has 0 amide bonds.